The van der Waals surface area contributed by atoms with Crippen molar-refractivity contribution in [3.8, 4) is 17.6 Å². The van der Waals surface area contributed by atoms with Crippen LogP contribution < -0.4 is 9.47 Å². The van der Waals surface area contributed by atoms with Crippen LogP contribution in [-0.2, 0) is 6.61 Å². The summed E-state index contributed by atoms with van der Waals surface area (Å²) in [5.41, 5.74) is 2.97. The van der Waals surface area contributed by atoms with Gasteiger partial charge in [0.2, 0.25) is 0 Å². The molecule has 0 amide bonds. The number of hydrogen-bond donors (Lipinski definition) is 0. The summed E-state index contributed by atoms with van der Waals surface area (Å²) in [4.78, 5) is 0. The van der Waals surface area contributed by atoms with Crippen molar-refractivity contribution < 1.29 is 9.47 Å². The van der Waals surface area contributed by atoms with Gasteiger partial charge in [-0.3, -0.25) is 0 Å². The topological polar surface area (TPSA) is 42.2 Å². The maximum Gasteiger partial charge on any atom is 0.127 e. The van der Waals surface area contributed by atoms with Gasteiger partial charge in [-0.1, -0.05) is 47.5 Å². The minimum absolute atomic E-state index is 0.297. The number of benzene rings is 3. The second-order valence-electron chi connectivity index (χ2n) is 5.96. The van der Waals surface area contributed by atoms with Gasteiger partial charge in [-0.25, -0.2) is 0 Å². The molecule has 0 saturated carbocycles. The standard InChI is InChI=1S/C23H17Cl2NO2/c1-27-21-10-7-16(8-11-21)19(14-26)12-17-4-2-3-5-23(17)28-15-18-6-9-20(24)13-22(18)25/h2-13H,15H2,1H3/b19-12+. The van der Waals surface area contributed by atoms with Gasteiger partial charge in [0, 0.05) is 21.2 Å². The Balaban J connectivity index is 1.85. The van der Waals surface area contributed by atoms with Gasteiger partial charge in [0.05, 0.1) is 18.8 Å². The molecule has 0 unspecified atom stereocenters. The quantitative estimate of drug-likeness (QED) is 0.338. The van der Waals surface area contributed by atoms with E-state index in [1.54, 1.807) is 25.3 Å². The first-order valence-corrected chi connectivity index (χ1v) is 9.28. The van der Waals surface area contributed by atoms with Gasteiger partial charge >= 0.3 is 0 Å². The molecule has 3 aromatic carbocycles. The average molecular weight is 410 g/mol. The van der Waals surface area contributed by atoms with Crippen LogP contribution in [0.15, 0.2) is 66.7 Å². The summed E-state index contributed by atoms with van der Waals surface area (Å²) in [5.74, 6) is 1.40. The molecule has 3 aromatic rings. The molecule has 0 spiro atoms. The summed E-state index contributed by atoms with van der Waals surface area (Å²) in [6.07, 6.45) is 1.81. The molecular formula is C23H17Cl2NO2. The van der Waals surface area contributed by atoms with Crippen molar-refractivity contribution in [2.24, 2.45) is 0 Å². The number of methoxy groups -OCH3 is 1. The summed E-state index contributed by atoms with van der Waals surface area (Å²) in [7, 11) is 1.61. The maximum absolute atomic E-state index is 9.61. The molecule has 0 radical (unpaired) electrons. The van der Waals surface area contributed by atoms with E-state index in [1.807, 2.05) is 54.6 Å². The molecule has 0 bridgehead atoms. The predicted molar refractivity (Wildman–Crippen MR) is 114 cm³/mol. The molecule has 0 saturated heterocycles. The van der Waals surface area contributed by atoms with Gasteiger partial charge in [0.15, 0.2) is 0 Å². The zero-order valence-electron chi connectivity index (χ0n) is 15.2. The van der Waals surface area contributed by atoms with Crippen LogP contribution in [0.5, 0.6) is 11.5 Å². The number of allylic oxidation sites excluding steroid dienone is 1. The Morgan fingerprint density at radius 3 is 2.46 bits per heavy atom. The average Bonchev–Trinajstić information content (AvgIpc) is 2.72. The lowest BCUT2D eigenvalue weighted by molar-refractivity contribution is 0.305. The number of nitrogens with zero attached hydrogens (tertiary/aromatic N) is 1. The Labute approximate surface area is 174 Å². The van der Waals surface area contributed by atoms with Crippen LogP contribution in [0.3, 0.4) is 0 Å². The highest BCUT2D eigenvalue weighted by Gasteiger charge is 2.07. The molecular weight excluding hydrogens is 393 g/mol. The lowest BCUT2D eigenvalue weighted by atomic mass is 10.0. The van der Waals surface area contributed by atoms with Crippen molar-refractivity contribution in [1.82, 2.24) is 0 Å². The molecule has 5 heteroatoms. The largest absolute Gasteiger partial charge is 0.497 e. The fraction of sp³-hybridized carbons (Fsp3) is 0.0870. The van der Waals surface area contributed by atoms with E-state index in [4.69, 9.17) is 32.7 Å². The monoisotopic (exact) mass is 409 g/mol. The van der Waals surface area contributed by atoms with Gasteiger partial charge in [-0.05, 0) is 54.1 Å². The van der Waals surface area contributed by atoms with Crippen LogP contribution in [0.4, 0.5) is 0 Å². The van der Waals surface area contributed by atoms with E-state index in [0.29, 0.717) is 28.0 Å². The van der Waals surface area contributed by atoms with E-state index >= 15 is 0 Å². The number of halogens is 2. The fourth-order valence-electron chi connectivity index (χ4n) is 2.63. The second-order valence-corrected chi connectivity index (χ2v) is 6.80. The maximum atomic E-state index is 9.61. The molecule has 0 aliphatic rings. The van der Waals surface area contributed by atoms with Crippen LogP contribution in [0.1, 0.15) is 16.7 Å². The van der Waals surface area contributed by atoms with Crippen LogP contribution in [0.2, 0.25) is 10.0 Å². The van der Waals surface area contributed by atoms with Gasteiger partial charge < -0.3 is 9.47 Å². The Morgan fingerprint density at radius 1 is 1.04 bits per heavy atom. The third-order valence-electron chi connectivity index (χ3n) is 4.14. The molecule has 0 fully saturated rings. The number of rotatable bonds is 6. The van der Waals surface area contributed by atoms with E-state index < -0.39 is 0 Å². The SMILES string of the molecule is COc1ccc(/C(C#N)=C/c2ccccc2OCc2ccc(Cl)cc2Cl)cc1. The number of para-hydroxylation sites is 1. The summed E-state index contributed by atoms with van der Waals surface area (Å²) in [5, 5.41) is 10.7. The van der Waals surface area contributed by atoms with E-state index in [1.165, 1.54) is 0 Å². The van der Waals surface area contributed by atoms with E-state index in [0.717, 1.165) is 22.4 Å². The smallest absolute Gasteiger partial charge is 0.127 e. The number of hydrogen-bond acceptors (Lipinski definition) is 3. The summed E-state index contributed by atoms with van der Waals surface area (Å²) >= 11 is 12.2. The van der Waals surface area contributed by atoms with Gasteiger partial charge in [-0.2, -0.15) is 5.26 Å². The molecule has 3 rings (SSSR count). The lowest BCUT2D eigenvalue weighted by Crippen LogP contribution is -1.98. The van der Waals surface area contributed by atoms with Crippen molar-refractivity contribution in [2.45, 2.75) is 6.61 Å². The second kappa shape index (κ2) is 9.32. The normalized spacial score (nSPS) is 11.0. The third kappa shape index (κ3) is 4.86. The van der Waals surface area contributed by atoms with Crippen molar-refractivity contribution in [3.63, 3.8) is 0 Å². The molecule has 0 aromatic heterocycles. The van der Waals surface area contributed by atoms with Crippen molar-refractivity contribution in [1.29, 1.82) is 5.26 Å². The van der Waals surface area contributed by atoms with Crippen molar-refractivity contribution in [3.05, 3.63) is 93.5 Å². The molecule has 0 heterocycles. The lowest BCUT2D eigenvalue weighted by Gasteiger charge is -2.11. The summed E-state index contributed by atoms with van der Waals surface area (Å²) in [6, 6.07) is 22.4. The van der Waals surface area contributed by atoms with Gasteiger partial charge in [0.1, 0.15) is 18.1 Å². The molecule has 0 aliphatic carbocycles. The van der Waals surface area contributed by atoms with Gasteiger partial charge in [-0.15, -0.1) is 0 Å². The minimum atomic E-state index is 0.297. The van der Waals surface area contributed by atoms with Crippen LogP contribution in [-0.4, -0.2) is 7.11 Å². The first kappa shape index (κ1) is 19.8. The predicted octanol–water partition coefficient (Wildman–Crippen LogP) is 6.65. The summed E-state index contributed by atoms with van der Waals surface area (Å²) in [6.45, 7) is 0.297. The van der Waals surface area contributed by atoms with Crippen molar-refractivity contribution in [2.75, 3.05) is 7.11 Å². The molecule has 3 nitrogen and oxygen atoms in total. The van der Waals surface area contributed by atoms with E-state index in [9.17, 15) is 5.26 Å². The van der Waals surface area contributed by atoms with Crippen LogP contribution in [0.25, 0.3) is 11.6 Å². The third-order valence-corrected chi connectivity index (χ3v) is 4.73. The first-order chi connectivity index (χ1) is 13.6. The van der Waals surface area contributed by atoms with Gasteiger partial charge in [0.25, 0.3) is 0 Å². The van der Waals surface area contributed by atoms with Crippen LogP contribution in [0, 0.1) is 11.3 Å². The highest BCUT2D eigenvalue weighted by molar-refractivity contribution is 6.35. The Kier molecular flexibility index (Phi) is 6.60. The highest BCUT2D eigenvalue weighted by atomic mass is 35.5. The number of ether oxygens (including phenoxy) is 2. The Morgan fingerprint density at radius 2 is 1.79 bits per heavy atom. The summed E-state index contributed by atoms with van der Waals surface area (Å²) < 4.78 is 11.1. The van der Waals surface area contributed by atoms with Crippen LogP contribution >= 0.6 is 23.2 Å². The molecule has 0 N–H and O–H groups in total. The number of nitriles is 1. The Hall–Kier alpha value is -2.93. The molecule has 0 atom stereocenters. The molecule has 0 aliphatic heterocycles. The molecule has 140 valence electrons. The zero-order chi connectivity index (χ0) is 19.9. The molecule has 28 heavy (non-hydrogen) atoms. The zero-order valence-corrected chi connectivity index (χ0v) is 16.7. The van der Waals surface area contributed by atoms with E-state index in [2.05, 4.69) is 6.07 Å². The van der Waals surface area contributed by atoms with Crippen molar-refractivity contribution >= 4 is 34.9 Å². The first-order valence-electron chi connectivity index (χ1n) is 8.52. The fourth-order valence-corrected chi connectivity index (χ4v) is 3.09. The Bertz CT molecular complexity index is 1040. The highest BCUT2D eigenvalue weighted by Crippen LogP contribution is 2.28. The minimum Gasteiger partial charge on any atom is -0.497 e. The van der Waals surface area contributed by atoms with E-state index in [-0.39, 0.29) is 0 Å².